The van der Waals surface area contributed by atoms with Crippen LogP contribution in [0.4, 0.5) is 0 Å². The molecule has 6 heteroatoms. The largest absolute Gasteiger partial charge is 0.486 e. The quantitative estimate of drug-likeness (QED) is 0.855. The molecule has 1 aromatic carbocycles. The van der Waals surface area contributed by atoms with Crippen molar-refractivity contribution in [3.05, 3.63) is 22.2 Å². The summed E-state index contributed by atoms with van der Waals surface area (Å²) in [5.41, 5.74) is 0.511. The van der Waals surface area contributed by atoms with Crippen LogP contribution in [-0.4, -0.2) is 37.6 Å². The van der Waals surface area contributed by atoms with Gasteiger partial charge in [0.15, 0.2) is 11.5 Å². The molecule has 1 aliphatic rings. The zero-order valence-electron chi connectivity index (χ0n) is 10.5. The van der Waals surface area contributed by atoms with E-state index in [2.05, 4.69) is 15.9 Å². The second-order valence-electron chi connectivity index (χ2n) is 4.12. The fourth-order valence-corrected chi connectivity index (χ4v) is 2.33. The van der Waals surface area contributed by atoms with Crippen LogP contribution in [0.5, 0.6) is 11.5 Å². The van der Waals surface area contributed by atoms with E-state index in [4.69, 9.17) is 14.7 Å². The first kappa shape index (κ1) is 13.7. The normalized spacial score (nSPS) is 12.7. The lowest BCUT2D eigenvalue weighted by Gasteiger charge is -2.21. The zero-order chi connectivity index (χ0) is 13.8. The predicted molar refractivity (Wildman–Crippen MR) is 72.3 cm³/mol. The van der Waals surface area contributed by atoms with Crippen LogP contribution in [0.15, 0.2) is 16.6 Å². The van der Waals surface area contributed by atoms with Crippen LogP contribution in [0.1, 0.15) is 16.8 Å². The van der Waals surface area contributed by atoms with Gasteiger partial charge in [-0.25, -0.2) is 0 Å². The molecule has 2 rings (SSSR count). The Hall–Kier alpha value is -1.74. The van der Waals surface area contributed by atoms with Gasteiger partial charge in [0.05, 0.1) is 17.0 Å². The average Bonchev–Trinajstić information content (AvgIpc) is 2.43. The number of hydrogen-bond donors (Lipinski definition) is 0. The average molecular weight is 325 g/mol. The highest BCUT2D eigenvalue weighted by molar-refractivity contribution is 9.10. The van der Waals surface area contributed by atoms with E-state index < -0.39 is 0 Å². The van der Waals surface area contributed by atoms with E-state index in [1.807, 2.05) is 6.07 Å². The van der Waals surface area contributed by atoms with Crippen LogP contribution in [0.2, 0.25) is 0 Å². The maximum Gasteiger partial charge on any atom is 0.253 e. The van der Waals surface area contributed by atoms with Gasteiger partial charge in [-0.2, -0.15) is 5.26 Å². The lowest BCUT2D eigenvalue weighted by molar-refractivity contribution is 0.0796. The van der Waals surface area contributed by atoms with Gasteiger partial charge in [0.1, 0.15) is 13.2 Å². The number of carbonyl (C=O) groups excluding carboxylic acids is 1. The standard InChI is InChI=1S/C13H13BrN2O3/c1-16(4-2-3-15)13(17)9-7-10(14)12-11(8-9)18-5-6-19-12/h7-8H,2,4-6H2,1H3. The van der Waals surface area contributed by atoms with Gasteiger partial charge in [0.25, 0.3) is 5.91 Å². The first-order valence-electron chi connectivity index (χ1n) is 5.85. The molecule has 1 aliphatic heterocycles. The van der Waals surface area contributed by atoms with Gasteiger partial charge in [0.2, 0.25) is 0 Å². The van der Waals surface area contributed by atoms with E-state index in [0.717, 1.165) is 0 Å². The van der Waals surface area contributed by atoms with E-state index in [0.29, 0.717) is 47.7 Å². The number of nitriles is 1. The van der Waals surface area contributed by atoms with Crippen molar-refractivity contribution < 1.29 is 14.3 Å². The minimum Gasteiger partial charge on any atom is -0.486 e. The summed E-state index contributed by atoms with van der Waals surface area (Å²) in [6.07, 6.45) is 0.313. The number of amides is 1. The van der Waals surface area contributed by atoms with Crippen LogP contribution < -0.4 is 9.47 Å². The minimum absolute atomic E-state index is 0.145. The van der Waals surface area contributed by atoms with E-state index in [1.54, 1.807) is 19.2 Å². The van der Waals surface area contributed by atoms with Gasteiger partial charge >= 0.3 is 0 Å². The minimum atomic E-state index is -0.145. The van der Waals surface area contributed by atoms with Crippen molar-refractivity contribution in [2.45, 2.75) is 6.42 Å². The van der Waals surface area contributed by atoms with Gasteiger partial charge in [-0.05, 0) is 28.1 Å². The Morgan fingerprint density at radius 1 is 1.47 bits per heavy atom. The third-order valence-electron chi connectivity index (χ3n) is 2.75. The van der Waals surface area contributed by atoms with Crippen LogP contribution >= 0.6 is 15.9 Å². The summed E-state index contributed by atoms with van der Waals surface area (Å²) < 4.78 is 11.6. The first-order chi connectivity index (χ1) is 9.13. The van der Waals surface area contributed by atoms with Gasteiger partial charge in [-0.1, -0.05) is 0 Å². The number of nitrogens with zero attached hydrogens (tertiary/aromatic N) is 2. The molecule has 0 spiro atoms. The summed E-state index contributed by atoms with van der Waals surface area (Å²) in [5, 5.41) is 8.54. The molecular weight excluding hydrogens is 312 g/mol. The van der Waals surface area contributed by atoms with E-state index >= 15 is 0 Å². The van der Waals surface area contributed by atoms with Crippen molar-refractivity contribution >= 4 is 21.8 Å². The Balaban J connectivity index is 2.23. The van der Waals surface area contributed by atoms with E-state index in [9.17, 15) is 4.79 Å². The Morgan fingerprint density at radius 3 is 2.95 bits per heavy atom. The third kappa shape index (κ3) is 2.99. The molecule has 100 valence electrons. The van der Waals surface area contributed by atoms with Crippen LogP contribution in [0, 0.1) is 11.3 Å². The number of carbonyl (C=O) groups is 1. The van der Waals surface area contributed by atoms with Gasteiger partial charge in [-0.15, -0.1) is 0 Å². The molecular formula is C13H13BrN2O3. The van der Waals surface area contributed by atoms with E-state index in [1.165, 1.54) is 4.90 Å². The number of benzene rings is 1. The fraction of sp³-hybridized carbons (Fsp3) is 0.385. The molecule has 1 aromatic rings. The fourth-order valence-electron chi connectivity index (χ4n) is 1.77. The molecule has 19 heavy (non-hydrogen) atoms. The number of hydrogen-bond acceptors (Lipinski definition) is 4. The summed E-state index contributed by atoms with van der Waals surface area (Å²) in [7, 11) is 1.67. The number of ether oxygens (including phenoxy) is 2. The molecule has 0 saturated carbocycles. The highest BCUT2D eigenvalue weighted by Gasteiger charge is 2.20. The Labute approximate surface area is 119 Å². The van der Waals surface area contributed by atoms with Crippen molar-refractivity contribution in [1.29, 1.82) is 5.26 Å². The summed E-state index contributed by atoms with van der Waals surface area (Å²) in [4.78, 5) is 13.7. The van der Waals surface area contributed by atoms with Crippen molar-refractivity contribution in [2.24, 2.45) is 0 Å². The SMILES string of the molecule is CN(CCC#N)C(=O)c1cc(Br)c2c(c1)OCCO2. The molecule has 0 aromatic heterocycles. The van der Waals surface area contributed by atoms with Crippen LogP contribution in [0.25, 0.3) is 0 Å². The lowest BCUT2D eigenvalue weighted by Crippen LogP contribution is -2.28. The van der Waals surface area contributed by atoms with Crippen molar-refractivity contribution in [3.63, 3.8) is 0 Å². The van der Waals surface area contributed by atoms with Gasteiger partial charge in [-0.3, -0.25) is 4.79 Å². The van der Waals surface area contributed by atoms with Gasteiger partial charge < -0.3 is 14.4 Å². The number of fused-ring (bicyclic) bond motifs is 1. The summed E-state index contributed by atoms with van der Waals surface area (Å²) in [5.74, 6) is 1.05. The molecule has 5 nitrogen and oxygen atoms in total. The molecule has 0 saturated heterocycles. The molecule has 0 aliphatic carbocycles. The Morgan fingerprint density at radius 2 is 2.21 bits per heavy atom. The second-order valence-corrected chi connectivity index (χ2v) is 4.97. The molecule has 0 atom stereocenters. The molecule has 0 fully saturated rings. The Bertz CT molecular complexity index is 539. The summed E-state index contributed by atoms with van der Waals surface area (Å²) in [6.45, 7) is 1.38. The predicted octanol–water partition coefficient (Wildman–Crippen LogP) is 2.21. The number of halogens is 1. The van der Waals surface area contributed by atoms with Crippen molar-refractivity contribution in [1.82, 2.24) is 4.90 Å². The summed E-state index contributed by atoms with van der Waals surface area (Å²) in [6, 6.07) is 5.40. The van der Waals surface area contributed by atoms with Crippen LogP contribution in [0.3, 0.4) is 0 Å². The smallest absolute Gasteiger partial charge is 0.253 e. The second kappa shape index (κ2) is 5.93. The zero-order valence-corrected chi connectivity index (χ0v) is 12.1. The maximum absolute atomic E-state index is 12.2. The van der Waals surface area contributed by atoms with Gasteiger partial charge in [0, 0.05) is 19.2 Å². The topological polar surface area (TPSA) is 62.6 Å². The lowest BCUT2D eigenvalue weighted by atomic mass is 10.1. The highest BCUT2D eigenvalue weighted by Crippen LogP contribution is 2.38. The monoisotopic (exact) mass is 324 g/mol. The van der Waals surface area contributed by atoms with E-state index in [-0.39, 0.29) is 5.91 Å². The summed E-state index contributed by atoms with van der Waals surface area (Å²) >= 11 is 3.37. The molecule has 0 N–H and O–H groups in total. The molecule has 0 bridgehead atoms. The first-order valence-corrected chi connectivity index (χ1v) is 6.64. The van der Waals surface area contributed by atoms with Crippen molar-refractivity contribution in [3.8, 4) is 17.6 Å². The molecule has 0 radical (unpaired) electrons. The highest BCUT2D eigenvalue weighted by atomic mass is 79.9. The maximum atomic E-state index is 12.2. The number of rotatable bonds is 3. The molecule has 1 amide bonds. The van der Waals surface area contributed by atoms with Crippen molar-refractivity contribution in [2.75, 3.05) is 26.8 Å². The molecule has 0 unspecified atom stereocenters. The molecule has 1 heterocycles. The third-order valence-corrected chi connectivity index (χ3v) is 3.34. The Kier molecular flexibility index (Phi) is 4.27. The van der Waals surface area contributed by atoms with Crippen LogP contribution in [-0.2, 0) is 0 Å².